The fourth-order valence-electron chi connectivity index (χ4n) is 1.01. The van der Waals surface area contributed by atoms with Crippen molar-refractivity contribution in [3.8, 4) is 0 Å². The topological polar surface area (TPSA) is 48.1 Å². The molecule has 0 aliphatic heterocycles. The third-order valence-electron chi connectivity index (χ3n) is 1.83. The van der Waals surface area contributed by atoms with E-state index in [4.69, 9.17) is 0 Å². The molecular formula is C9H15N3O. The van der Waals surface area contributed by atoms with Gasteiger partial charge in [0.25, 0.3) is 0 Å². The Morgan fingerprint density at radius 3 is 2.77 bits per heavy atom. The molecule has 0 bridgehead atoms. The summed E-state index contributed by atoms with van der Waals surface area (Å²) in [6.45, 7) is 1.94. The van der Waals surface area contributed by atoms with Gasteiger partial charge in [-0.05, 0) is 19.1 Å². The van der Waals surface area contributed by atoms with Gasteiger partial charge in [0.15, 0.2) is 0 Å². The standard InChI is InChI=1S/C9H15N3O/c1-7(8-5-4-6-10-8)11-9(13)12(2)3/h4-7,10H,1-3H3,(H,11,13). The zero-order valence-electron chi connectivity index (χ0n) is 8.16. The first-order valence-corrected chi connectivity index (χ1v) is 4.22. The number of urea groups is 1. The summed E-state index contributed by atoms with van der Waals surface area (Å²) in [7, 11) is 3.44. The third kappa shape index (κ3) is 2.50. The number of nitrogens with zero attached hydrogens (tertiary/aromatic N) is 1. The molecule has 0 saturated heterocycles. The average Bonchev–Trinajstić information content (AvgIpc) is 2.55. The van der Waals surface area contributed by atoms with E-state index in [1.54, 1.807) is 14.1 Å². The molecule has 0 aliphatic carbocycles. The lowest BCUT2D eigenvalue weighted by molar-refractivity contribution is 0.214. The quantitative estimate of drug-likeness (QED) is 0.710. The van der Waals surface area contributed by atoms with E-state index in [0.29, 0.717) is 0 Å². The zero-order chi connectivity index (χ0) is 9.84. The predicted molar refractivity (Wildman–Crippen MR) is 51.4 cm³/mol. The minimum atomic E-state index is -0.0814. The van der Waals surface area contributed by atoms with Gasteiger partial charge >= 0.3 is 6.03 Å². The maximum Gasteiger partial charge on any atom is 0.317 e. The van der Waals surface area contributed by atoms with Crippen molar-refractivity contribution in [2.75, 3.05) is 14.1 Å². The number of carbonyl (C=O) groups is 1. The fourth-order valence-corrected chi connectivity index (χ4v) is 1.01. The number of aromatic nitrogens is 1. The lowest BCUT2D eigenvalue weighted by atomic mass is 10.2. The third-order valence-corrected chi connectivity index (χ3v) is 1.83. The van der Waals surface area contributed by atoms with Gasteiger partial charge in [-0.2, -0.15) is 0 Å². The van der Waals surface area contributed by atoms with Gasteiger partial charge in [-0.1, -0.05) is 0 Å². The van der Waals surface area contributed by atoms with Crippen LogP contribution in [-0.4, -0.2) is 30.0 Å². The van der Waals surface area contributed by atoms with Crippen LogP contribution in [0.15, 0.2) is 18.3 Å². The Hall–Kier alpha value is -1.45. The highest BCUT2D eigenvalue weighted by Gasteiger charge is 2.10. The molecule has 4 nitrogen and oxygen atoms in total. The average molecular weight is 181 g/mol. The van der Waals surface area contributed by atoms with Gasteiger partial charge in [-0.3, -0.25) is 0 Å². The molecule has 2 amide bonds. The number of carbonyl (C=O) groups excluding carboxylic acids is 1. The van der Waals surface area contributed by atoms with Gasteiger partial charge < -0.3 is 15.2 Å². The molecule has 0 aliphatic rings. The van der Waals surface area contributed by atoms with Crippen LogP contribution in [0.3, 0.4) is 0 Å². The van der Waals surface area contributed by atoms with Crippen molar-refractivity contribution in [2.24, 2.45) is 0 Å². The summed E-state index contributed by atoms with van der Waals surface area (Å²) in [5, 5.41) is 2.84. The Bertz CT molecular complexity index is 266. The van der Waals surface area contributed by atoms with Crippen LogP contribution in [0.5, 0.6) is 0 Å². The van der Waals surface area contributed by atoms with Crippen LogP contribution in [0, 0.1) is 0 Å². The van der Waals surface area contributed by atoms with Crippen molar-refractivity contribution in [1.82, 2.24) is 15.2 Å². The molecule has 13 heavy (non-hydrogen) atoms. The van der Waals surface area contributed by atoms with Gasteiger partial charge in [-0.15, -0.1) is 0 Å². The molecule has 2 N–H and O–H groups in total. The summed E-state index contributed by atoms with van der Waals surface area (Å²) in [6.07, 6.45) is 1.84. The second kappa shape index (κ2) is 3.98. The molecule has 1 rings (SSSR count). The van der Waals surface area contributed by atoms with Crippen molar-refractivity contribution >= 4 is 6.03 Å². The number of hydrogen-bond donors (Lipinski definition) is 2. The second-order valence-electron chi connectivity index (χ2n) is 3.19. The van der Waals surface area contributed by atoms with Gasteiger partial charge in [-0.25, -0.2) is 4.79 Å². The van der Waals surface area contributed by atoms with E-state index in [0.717, 1.165) is 5.69 Å². The largest absolute Gasteiger partial charge is 0.363 e. The Morgan fingerprint density at radius 2 is 2.31 bits per heavy atom. The molecule has 0 saturated carbocycles. The molecule has 4 heteroatoms. The van der Waals surface area contributed by atoms with E-state index in [1.807, 2.05) is 25.3 Å². The van der Waals surface area contributed by atoms with Crippen LogP contribution in [0.4, 0.5) is 4.79 Å². The van der Waals surface area contributed by atoms with Crippen LogP contribution in [0.1, 0.15) is 18.7 Å². The Kier molecular flexibility index (Phi) is 2.95. The number of aromatic amines is 1. The molecule has 1 atom stereocenters. The first kappa shape index (κ1) is 9.64. The van der Waals surface area contributed by atoms with Gasteiger partial charge in [0.2, 0.25) is 0 Å². The highest BCUT2D eigenvalue weighted by atomic mass is 16.2. The SMILES string of the molecule is CC(NC(=O)N(C)C)c1ccc[nH]1. The minimum absolute atomic E-state index is 0.0184. The smallest absolute Gasteiger partial charge is 0.317 e. The maximum absolute atomic E-state index is 11.2. The summed E-state index contributed by atoms with van der Waals surface area (Å²) in [6, 6.07) is 3.79. The minimum Gasteiger partial charge on any atom is -0.363 e. The molecule has 1 aromatic rings. The van der Waals surface area contributed by atoms with Crippen LogP contribution in [0.2, 0.25) is 0 Å². The van der Waals surface area contributed by atoms with E-state index in [9.17, 15) is 4.79 Å². The number of H-pyrrole nitrogens is 1. The molecule has 0 fully saturated rings. The number of rotatable bonds is 2. The second-order valence-corrected chi connectivity index (χ2v) is 3.19. The molecule has 0 radical (unpaired) electrons. The van der Waals surface area contributed by atoms with Crippen molar-refractivity contribution in [3.63, 3.8) is 0 Å². The first-order valence-electron chi connectivity index (χ1n) is 4.22. The van der Waals surface area contributed by atoms with Crippen molar-refractivity contribution in [2.45, 2.75) is 13.0 Å². The van der Waals surface area contributed by atoms with E-state index in [1.165, 1.54) is 4.90 Å². The first-order chi connectivity index (χ1) is 6.11. The molecule has 1 unspecified atom stereocenters. The van der Waals surface area contributed by atoms with Crippen molar-refractivity contribution in [3.05, 3.63) is 24.0 Å². The zero-order valence-corrected chi connectivity index (χ0v) is 8.16. The summed E-state index contributed by atoms with van der Waals surface area (Å²) in [5.41, 5.74) is 1.01. The van der Waals surface area contributed by atoms with Gasteiger partial charge in [0.1, 0.15) is 0 Å². The Balaban J connectivity index is 2.51. The lowest BCUT2D eigenvalue weighted by Crippen LogP contribution is -2.36. The Labute approximate surface area is 77.9 Å². The van der Waals surface area contributed by atoms with E-state index >= 15 is 0 Å². The predicted octanol–water partition coefficient (Wildman–Crippen LogP) is 1.35. The number of nitrogens with one attached hydrogen (secondary N) is 2. The van der Waals surface area contributed by atoms with E-state index in [-0.39, 0.29) is 12.1 Å². The monoisotopic (exact) mass is 181 g/mol. The maximum atomic E-state index is 11.2. The molecule has 0 aromatic carbocycles. The van der Waals surface area contributed by atoms with E-state index < -0.39 is 0 Å². The molecule has 1 aromatic heterocycles. The number of amides is 2. The van der Waals surface area contributed by atoms with Crippen LogP contribution >= 0.6 is 0 Å². The molecule has 1 heterocycles. The summed E-state index contributed by atoms with van der Waals surface area (Å²) >= 11 is 0. The summed E-state index contributed by atoms with van der Waals surface area (Å²) in [5.74, 6) is 0. The normalized spacial score (nSPS) is 12.2. The van der Waals surface area contributed by atoms with Crippen molar-refractivity contribution < 1.29 is 4.79 Å². The summed E-state index contributed by atoms with van der Waals surface area (Å²) < 4.78 is 0. The highest BCUT2D eigenvalue weighted by Crippen LogP contribution is 2.08. The fraction of sp³-hybridized carbons (Fsp3) is 0.444. The lowest BCUT2D eigenvalue weighted by Gasteiger charge is -2.16. The highest BCUT2D eigenvalue weighted by molar-refractivity contribution is 5.73. The summed E-state index contributed by atoms with van der Waals surface area (Å²) in [4.78, 5) is 15.8. The van der Waals surface area contributed by atoms with Gasteiger partial charge in [0.05, 0.1) is 6.04 Å². The van der Waals surface area contributed by atoms with Crippen LogP contribution in [-0.2, 0) is 0 Å². The van der Waals surface area contributed by atoms with Crippen LogP contribution in [0.25, 0.3) is 0 Å². The van der Waals surface area contributed by atoms with Crippen LogP contribution < -0.4 is 5.32 Å². The molecular weight excluding hydrogens is 166 g/mol. The molecule has 72 valence electrons. The molecule has 0 spiro atoms. The van der Waals surface area contributed by atoms with Gasteiger partial charge in [0, 0.05) is 26.0 Å². The van der Waals surface area contributed by atoms with E-state index in [2.05, 4.69) is 10.3 Å². The number of hydrogen-bond acceptors (Lipinski definition) is 1. The Morgan fingerprint density at radius 1 is 1.62 bits per heavy atom. The van der Waals surface area contributed by atoms with Crippen molar-refractivity contribution in [1.29, 1.82) is 0 Å².